The van der Waals surface area contributed by atoms with E-state index in [1.54, 1.807) is 11.3 Å². The number of hydrogen-bond acceptors (Lipinski definition) is 4. The van der Waals surface area contributed by atoms with Gasteiger partial charge in [-0.3, -0.25) is 0 Å². The fourth-order valence-corrected chi connectivity index (χ4v) is 9.89. The van der Waals surface area contributed by atoms with Gasteiger partial charge in [-0.1, -0.05) is 111 Å². The summed E-state index contributed by atoms with van der Waals surface area (Å²) in [5.74, 6) is 0. The van der Waals surface area contributed by atoms with Gasteiger partial charge in [-0.2, -0.15) is 0 Å². The minimum atomic E-state index is -0.0500. The molecule has 0 fully saturated rings. The van der Waals surface area contributed by atoms with Crippen molar-refractivity contribution in [2.75, 3.05) is 5.32 Å². The molecule has 10 rings (SSSR count). The lowest BCUT2D eigenvalue weighted by molar-refractivity contribution is 0.660. The lowest BCUT2D eigenvalue weighted by Crippen LogP contribution is -2.14. The lowest BCUT2D eigenvalue weighted by Gasteiger charge is -2.22. The molecule has 1 atom stereocenters. The third-order valence-corrected chi connectivity index (χ3v) is 12.6. The van der Waals surface area contributed by atoms with Gasteiger partial charge in [0.2, 0.25) is 0 Å². The van der Waals surface area contributed by atoms with Gasteiger partial charge in [-0.15, -0.1) is 11.3 Å². The van der Waals surface area contributed by atoms with Crippen LogP contribution in [0, 0.1) is 0 Å². The lowest BCUT2D eigenvalue weighted by atomic mass is 9.81. The Bertz CT molecular complexity index is 2550. The third kappa shape index (κ3) is 4.66. The van der Waals surface area contributed by atoms with Gasteiger partial charge in [0, 0.05) is 21.6 Å². The van der Waals surface area contributed by atoms with Crippen LogP contribution in [0.25, 0.3) is 64.9 Å². The van der Waals surface area contributed by atoms with Crippen molar-refractivity contribution in [1.29, 1.82) is 0 Å². The maximum Gasteiger partial charge on any atom is 0.124 e. The second-order valence-electron chi connectivity index (χ2n) is 13.6. The molecule has 4 heteroatoms. The quantitative estimate of drug-likeness (QED) is 0.203. The van der Waals surface area contributed by atoms with Crippen LogP contribution in [0.1, 0.15) is 35.9 Å². The van der Waals surface area contributed by atoms with Crippen molar-refractivity contribution in [2.24, 2.45) is 0 Å². The summed E-state index contributed by atoms with van der Waals surface area (Å²) in [5.41, 5.74) is 15.0. The van der Waals surface area contributed by atoms with Crippen LogP contribution in [0.2, 0.25) is 0 Å². The highest BCUT2D eigenvalue weighted by Gasteiger charge is 2.35. The summed E-state index contributed by atoms with van der Waals surface area (Å²) in [6.07, 6.45) is 0. The minimum absolute atomic E-state index is 0.0500. The van der Waals surface area contributed by atoms with Crippen molar-refractivity contribution < 1.29 is 0 Å². The molecule has 2 nitrogen and oxygen atoms in total. The van der Waals surface area contributed by atoms with Crippen molar-refractivity contribution in [3.8, 4) is 44.0 Å². The standard InChI is InChI=1S/C45H32N2S2/c1-45(2)37-14-6-5-13-34(37)35-20-19-27(26-38(35)45)29-21-28-11-3-4-12-33(28)36(25-29)30-22-31(43-46-39-15-7-9-17-41(39)48-43)24-32(23-30)44-47-40-16-8-10-18-42(40)49-44/h3-26,43,46H,1-2H3. The molecular weight excluding hydrogens is 633 g/mol. The predicted octanol–water partition coefficient (Wildman–Crippen LogP) is 13.0. The minimum Gasteiger partial charge on any atom is -0.368 e. The third-order valence-electron chi connectivity index (χ3n) is 10.3. The first-order valence-electron chi connectivity index (χ1n) is 16.8. The van der Waals surface area contributed by atoms with E-state index in [4.69, 9.17) is 4.98 Å². The van der Waals surface area contributed by atoms with Crippen LogP contribution in [0.3, 0.4) is 0 Å². The van der Waals surface area contributed by atoms with E-state index < -0.39 is 0 Å². The fourth-order valence-electron chi connectivity index (χ4n) is 7.82. The Hall–Kier alpha value is -5.16. The Morgan fingerprint density at radius 2 is 1.37 bits per heavy atom. The molecule has 0 saturated carbocycles. The Morgan fingerprint density at radius 1 is 0.592 bits per heavy atom. The summed E-state index contributed by atoms with van der Waals surface area (Å²) < 4.78 is 1.21. The highest BCUT2D eigenvalue weighted by atomic mass is 32.2. The molecule has 7 aromatic carbocycles. The van der Waals surface area contributed by atoms with Crippen molar-refractivity contribution in [2.45, 2.75) is 29.5 Å². The number of nitrogens with one attached hydrogen (secondary N) is 1. The van der Waals surface area contributed by atoms with Gasteiger partial charge in [0.25, 0.3) is 0 Å². The summed E-state index contributed by atoms with van der Waals surface area (Å²) in [6, 6.07) is 53.7. The summed E-state index contributed by atoms with van der Waals surface area (Å²) in [5, 5.41) is 7.45. The number of anilines is 1. The number of thioether (sulfide) groups is 1. The maximum atomic E-state index is 5.11. The van der Waals surface area contributed by atoms with Gasteiger partial charge < -0.3 is 5.32 Å². The molecule has 234 valence electrons. The van der Waals surface area contributed by atoms with Crippen molar-refractivity contribution >= 4 is 49.8 Å². The van der Waals surface area contributed by atoms with Crippen LogP contribution in [-0.2, 0) is 5.41 Å². The van der Waals surface area contributed by atoms with E-state index in [0.717, 1.165) is 16.1 Å². The molecule has 1 aliphatic heterocycles. The molecule has 1 unspecified atom stereocenters. The van der Waals surface area contributed by atoms with E-state index in [2.05, 4.69) is 165 Å². The van der Waals surface area contributed by atoms with E-state index in [-0.39, 0.29) is 10.8 Å². The normalized spacial score (nSPS) is 15.6. The van der Waals surface area contributed by atoms with E-state index >= 15 is 0 Å². The first-order chi connectivity index (χ1) is 24.0. The molecule has 0 spiro atoms. The smallest absolute Gasteiger partial charge is 0.124 e. The van der Waals surface area contributed by atoms with Gasteiger partial charge in [0.15, 0.2) is 0 Å². The SMILES string of the molecule is CC1(C)c2ccccc2-c2ccc(-c3cc(-c4cc(-c5nc6ccccc6s5)cc(C5Nc6ccccc6S5)c4)c4ccccc4c3)cc21. The number of thiazole rings is 1. The molecule has 0 radical (unpaired) electrons. The van der Waals surface area contributed by atoms with Gasteiger partial charge in [-0.25, -0.2) is 4.98 Å². The average Bonchev–Trinajstić information content (AvgIpc) is 3.84. The molecule has 2 aliphatic rings. The van der Waals surface area contributed by atoms with Gasteiger partial charge in [0.05, 0.1) is 10.2 Å². The summed E-state index contributed by atoms with van der Waals surface area (Å²) in [4.78, 5) is 6.39. The molecule has 0 amide bonds. The molecule has 2 heterocycles. The number of fused-ring (bicyclic) bond motifs is 6. The molecule has 1 N–H and O–H groups in total. The van der Waals surface area contributed by atoms with E-state index in [1.807, 2.05) is 11.8 Å². The van der Waals surface area contributed by atoms with E-state index in [0.29, 0.717) is 0 Å². The fraction of sp³-hybridized carbons (Fsp3) is 0.0889. The zero-order chi connectivity index (χ0) is 32.7. The Balaban J connectivity index is 1.16. The molecule has 1 aromatic heterocycles. The Labute approximate surface area is 294 Å². The molecule has 0 bridgehead atoms. The number of benzene rings is 7. The zero-order valence-corrected chi connectivity index (χ0v) is 28.8. The van der Waals surface area contributed by atoms with Crippen molar-refractivity contribution in [1.82, 2.24) is 4.98 Å². The van der Waals surface area contributed by atoms with Crippen LogP contribution in [-0.4, -0.2) is 4.98 Å². The number of hydrogen-bond donors (Lipinski definition) is 1. The van der Waals surface area contributed by atoms with E-state index in [9.17, 15) is 0 Å². The monoisotopic (exact) mass is 664 g/mol. The first kappa shape index (κ1) is 28.8. The first-order valence-corrected chi connectivity index (χ1v) is 18.5. The van der Waals surface area contributed by atoms with Gasteiger partial charge in [-0.05, 0) is 122 Å². The van der Waals surface area contributed by atoms with Crippen LogP contribution in [0.4, 0.5) is 5.69 Å². The number of nitrogens with zero attached hydrogens (tertiary/aromatic N) is 1. The molecule has 8 aromatic rings. The van der Waals surface area contributed by atoms with Crippen LogP contribution in [0.5, 0.6) is 0 Å². The Kier molecular flexibility index (Phi) is 6.43. The summed E-state index contributed by atoms with van der Waals surface area (Å²) in [6.45, 7) is 4.71. The number of rotatable bonds is 4. The summed E-state index contributed by atoms with van der Waals surface area (Å²) in [7, 11) is 0. The Morgan fingerprint density at radius 3 is 2.29 bits per heavy atom. The van der Waals surface area contributed by atoms with Gasteiger partial charge >= 0.3 is 0 Å². The second kappa shape index (κ2) is 10.9. The summed E-state index contributed by atoms with van der Waals surface area (Å²) >= 11 is 3.65. The number of aromatic nitrogens is 1. The topological polar surface area (TPSA) is 24.9 Å². The highest BCUT2D eigenvalue weighted by Crippen LogP contribution is 2.51. The molecule has 49 heavy (non-hydrogen) atoms. The number of para-hydroxylation sites is 2. The van der Waals surface area contributed by atoms with Crippen molar-refractivity contribution in [3.63, 3.8) is 0 Å². The second-order valence-corrected chi connectivity index (χ2v) is 15.8. The largest absolute Gasteiger partial charge is 0.368 e. The zero-order valence-electron chi connectivity index (χ0n) is 27.2. The van der Waals surface area contributed by atoms with Crippen LogP contribution in [0.15, 0.2) is 150 Å². The van der Waals surface area contributed by atoms with Gasteiger partial charge in [0.1, 0.15) is 10.4 Å². The molecule has 0 saturated heterocycles. The van der Waals surface area contributed by atoms with E-state index in [1.165, 1.54) is 76.1 Å². The molecule has 1 aliphatic carbocycles. The highest BCUT2D eigenvalue weighted by molar-refractivity contribution is 8.00. The van der Waals surface area contributed by atoms with Crippen LogP contribution < -0.4 is 5.32 Å². The average molecular weight is 665 g/mol. The maximum absolute atomic E-state index is 5.11. The van der Waals surface area contributed by atoms with Crippen LogP contribution >= 0.6 is 23.1 Å². The predicted molar refractivity (Wildman–Crippen MR) is 210 cm³/mol. The van der Waals surface area contributed by atoms with Crippen molar-refractivity contribution in [3.05, 3.63) is 162 Å². The molecular formula is C45H32N2S2.